The number of hydrogen-bond acceptors (Lipinski definition) is 3. The van der Waals surface area contributed by atoms with Crippen LogP contribution in [0.3, 0.4) is 0 Å². The molecule has 2 aliphatic heterocycles. The van der Waals surface area contributed by atoms with E-state index < -0.39 is 0 Å². The molecular formula is C16H23ClN2O. The van der Waals surface area contributed by atoms with Gasteiger partial charge in [0.25, 0.3) is 0 Å². The molecule has 3 rings (SSSR count). The number of nitrogens with zero attached hydrogens (tertiary/aromatic N) is 2. The van der Waals surface area contributed by atoms with Crippen molar-refractivity contribution in [1.29, 1.82) is 0 Å². The zero-order valence-electron chi connectivity index (χ0n) is 12.3. The number of fused-ring (bicyclic) bond motifs is 2. The van der Waals surface area contributed by atoms with Crippen molar-refractivity contribution >= 4 is 11.6 Å². The van der Waals surface area contributed by atoms with Crippen molar-refractivity contribution < 1.29 is 4.74 Å². The van der Waals surface area contributed by atoms with Crippen LogP contribution in [0.2, 0.25) is 5.02 Å². The Balaban J connectivity index is 1.78. The van der Waals surface area contributed by atoms with E-state index in [-0.39, 0.29) is 0 Å². The molecular weight excluding hydrogens is 272 g/mol. The average molecular weight is 295 g/mol. The highest BCUT2D eigenvalue weighted by Gasteiger charge is 2.42. The van der Waals surface area contributed by atoms with Crippen molar-refractivity contribution in [2.75, 3.05) is 39.8 Å². The summed E-state index contributed by atoms with van der Waals surface area (Å²) in [5, 5.41) is 0.719. The lowest BCUT2D eigenvalue weighted by Crippen LogP contribution is -2.61. The standard InChI is InChI=1S/C16H23ClN2O/c1-3-19-10-12-8-18(2)9-13(11-19)16(12)20-15-7-5-4-6-14(15)17/h4-7,12-13,16H,3,8-11H2,1-2H3. The van der Waals surface area contributed by atoms with Crippen LogP contribution in [0.1, 0.15) is 6.92 Å². The Labute approximate surface area is 126 Å². The Bertz CT molecular complexity index is 452. The van der Waals surface area contributed by atoms with Gasteiger partial charge in [0.1, 0.15) is 11.9 Å². The fourth-order valence-corrected chi connectivity index (χ4v) is 3.85. The lowest BCUT2D eigenvalue weighted by molar-refractivity contribution is -0.0572. The van der Waals surface area contributed by atoms with Gasteiger partial charge in [0, 0.05) is 38.0 Å². The number of hydrogen-bond donors (Lipinski definition) is 0. The van der Waals surface area contributed by atoms with Crippen LogP contribution in [-0.4, -0.2) is 55.7 Å². The van der Waals surface area contributed by atoms with Crippen molar-refractivity contribution in [2.45, 2.75) is 13.0 Å². The van der Waals surface area contributed by atoms with Gasteiger partial charge in [0.15, 0.2) is 0 Å². The monoisotopic (exact) mass is 294 g/mol. The van der Waals surface area contributed by atoms with E-state index in [2.05, 4.69) is 23.8 Å². The van der Waals surface area contributed by atoms with Crippen LogP contribution in [0.4, 0.5) is 0 Å². The predicted molar refractivity (Wildman–Crippen MR) is 82.5 cm³/mol. The maximum absolute atomic E-state index is 6.31. The number of benzene rings is 1. The third-order valence-corrected chi connectivity index (χ3v) is 4.87. The molecule has 0 aromatic heterocycles. The fraction of sp³-hybridized carbons (Fsp3) is 0.625. The molecule has 3 nitrogen and oxygen atoms in total. The van der Waals surface area contributed by atoms with Gasteiger partial charge in [-0.3, -0.25) is 0 Å². The van der Waals surface area contributed by atoms with Crippen LogP contribution in [0, 0.1) is 11.8 Å². The third kappa shape index (κ3) is 2.80. The SMILES string of the molecule is CCN1CC2CN(C)CC(C1)C2Oc1ccccc1Cl. The summed E-state index contributed by atoms with van der Waals surface area (Å²) in [7, 11) is 2.22. The zero-order valence-corrected chi connectivity index (χ0v) is 13.0. The molecule has 2 fully saturated rings. The molecule has 0 N–H and O–H groups in total. The summed E-state index contributed by atoms with van der Waals surface area (Å²) in [6.45, 7) is 7.87. The molecule has 20 heavy (non-hydrogen) atoms. The van der Waals surface area contributed by atoms with E-state index >= 15 is 0 Å². The minimum Gasteiger partial charge on any atom is -0.488 e. The minimum atomic E-state index is 0.300. The van der Waals surface area contributed by atoms with E-state index in [0.29, 0.717) is 17.9 Å². The first-order valence-corrected chi connectivity index (χ1v) is 7.87. The summed E-state index contributed by atoms with van der Waals surface area (Å²) < 4.78 is 6.31. The van der Waals surface area contributed by atoms with E-state index in [1.165, 1.54) is 0 Å². The smallest absolute Gasteiger partial charge is 0.138 e. The molecule has 1 aromatic carbocycles. The fourth-order valence-electron chi connectivity index (χ4n) is 3.67. The molecule has 2 bridgehead atoms. The molecule has 2 saturated heterocycles. The number of rotatable bonds is 3. The van der Waals surface area contributed by atoms with Crippen molar-refractivity contribution in [3.63, 3.8) is 0 Å². The first-order valence-electron chi connectivity index (χ1n) is 7.49. The average Bonchev–Trinajstić information content (AvgIpc) is 2.41. The van der Waals surface area contributed by atoms with Gasteiger partial charge < -0.3 is 14.5 Å². The van der Waals surface area contributed by atoms with E-state index in [1.807, 2.05) is 24.3 Å². The maximum Gasteiger partial charge on any atom is 0.138 e. The molecule has 0 amide bonds. The highest BCUT2D eigenvalue weighted by Crippen LogP contribution is 2.34. The Morgan fingerprint density at radius 1 is 1.15 bits per heavy atom. The molecule has 0 aliphatic carbocycles. The Hall–Kier alpha value is -0.770. The molecule has 1 aromatic rings. The van der Waals surface area contributed by atoms with Gasteiger partial charge in [0.05, 0.1) is 5.02 Å². The topological polar surface area (TPSA) is 15.7 Å². The van der Waals surface area contributed by atoms with Crippen molar-refractivity contribution in [3.05, 3.63) is 29.3 Å². The Kier molecular flexibility index (Phi) is 4.20. The van der Waals surface area contributed by atoms with Gasteiger partial charge >= 0.3 is 0 Å². The zero-order chi connectivity index (χ0) is 14.1. The summed E-state index contributed by atoms with van der Waals surface area (Å²) in [6.07, 6.45) is 0.300. The van der Waals surface area contributed by atoms with Gasteiger partial charge in [0.2, 0.25) is 0 Å². The van der Waals surface area contributed by atoms with Gasteiger partial charge in [-0.05, 0) is 25.7 Å². The van der Waals surface area contributed by atoms with Crippen LogP contribution >= 0.6 is 11.6 Å². The normalized spacial score (nSPS) is 31.2. The molecule has 110 valence electrons. The summed E-state index contributed by atoms with van der Waals surface area (Å²) >= 11 is 6.24. The second-order valence-corrected chi connectivity index (χ2v) is 6.51. The molecule has 0 saturated carbocycles. The van der Waals surface area contributed by atoms with Crippen molar-refractivity contribution in [1.82, 2.24) is 9.80 Å². The van der Waals surface area contributed by atoms with Crippen LogP contribution in [-0.2, 0) is 0 Å². The minimum absolute atomic E-state index is 0.300. The number of halogens is 1. The molecule has 2 heterocycles. The third-order valence-electron chi connectivity index (χ3n) is 4.55. The lowest BCUT2D eigenvalue weighted by Gasteiger charge is -2.49. The van der Waals surface area contributed by atoms with Crippen LogP contribution in [0.15, 0.2) is 24.3 Å². The second kappa shape index (κ2) is 5.92. The molecule has 2 unspecified atom stereocenters. The van der Waals surface area contributed by atoms with Gasteiger partial charge in [-0.2, -0.15) is 0 Å². The highest BCUT2D eigenvalue weighted by molar-refractivity contribution is 6.32. The van der Waals surface area contributed by atoms with Crippen LogP contribution in [0.25, 0.3) is 0 Å². The number of ether oxygens (including phenoxy) is 1. The van der Waals surface area contributed by atoms with Gasteiger partial charge in [-0.1, -0.05) is 30.7 Å². The summed E-state index contributed by atoms with van der Waals surface area (Å²) in [5.74, 6) is 1.98. The van der Waals surface area contributed by atoms with E-state index in [1.54, 1.807) is 0 Å². The van der Waals surface area contributed by atoms with E-state index in [9.17, 15) is 0 Å². The molecule has 4 heteroatoms. The Morgan fingerprint density at radius 3 is 2.40 bits per heavy atom. The maximum atomic E-state index is 6.31. The molecule has 2 atom stereocenters. The Morgan fingerprint density at radius 2 is 1.80 bits per heavy atom. The molecule has 2 aliphatic rings. The number of piperidine rings is 2. The predicted octanol–water partition coefficient (Wildman–Crippen LogP) is 2.60. The number of likely N-dealkylation sites (tertiary alicyclic amines) is 2. The van der Waals surface area contributed by atoms with Gasteiger partial charge in [-0.25, -0.2) is 0 Å². The quantitative estimate of drug-likeness (QED) is 0.852. The van der Waals surface area contributed by atoms with Crippen LogP contribution in [0.5, 0.6) is 5.75 Å². The van der Waals surface area contributed by atoms with Crippen LogP contribution < -0.4 is 4.74 Å². The number of para-hydroxylation sites is 1. The van der Waals surface area contributed by atoms with E-state index in [4.69, 9.17) is 16.3 Å². The molecule has 0 radical (unpaired) electrons. The summed E-state index contributed by atoms with van der Waals surface area (Å²) in [6, 6.07) is 7.82. The highest BCUT2D eigenvalue weighted by atomic mass is 35.5. The van der Waals surface area contributed by atoms with Crippen molar-refractivity contribution in [2.24, 2.45) is 11.8 Å². The van der Waals surface area contributed by atoms with E-state index in [0.717, 1.165) is 43.5 Å². The lowest BCUT2D eigenvalue weighted by atomic mass is 9.81. The summed E-state index contributed by atoms with van der Waals surface area (Å²) in [5.41, 5.74) is 0. The molecule has 0 spiro atoms. The second-order valence-electron chi connectivity index (χ2n) is 6.11. The first-order chi connectivity index (χ1) is 9.67. The van der Waals surface area contributed by atoms with Gasteiger partial charge in [-0.15, -0.1) is 0 Å². The summed E-state index contributed by atoms with van der Waals surface area (Å²) in [4.78, 5) is 4.99. The van der Waals surface area contributed by atoms with Crippen molar-refractivity contribution in [3.8, 4) is 5.75 Å². The largest absolute Gasteiger partial charge is 0.488 e. The first kappa shape index (κ1) is 14.2.